The van der Waals surface area contributed by atoms with Crippen molar-refractivity contribution in [3.05, 3.63) is 77.2 Å². The first kappa shape index (κ1) is 21.1. The second-order valence-electron chi connectivity index (χ2n) is 6.40. The number of nitrogens with zero attached hydrogens (tertiary/aromatic N) is 1. The van der Waals surface area contributed by atoms with E-state index in [4.69, 9.17) is 13.9 Å². The lowest BCUT2D eigenvalue weighted by atomic mass is 10.2. The molecule has 30 heavy (non-hydrogen) atoms. The lowest BCUT2D eigenvalue weighted by Crippen LogP contribution is -2.19. The number of methoxy groups -OCH3 is 1. The van der Waals surface area contributed by atoms with Gasteiger partial charge in [-0.05, 0) is 66.9 Å². The summed E-state index contributed by atoms with van der Waals surface area (Å²) < 4.78 is 40.5. The molecule has 9 heteroatoms. The maximum Gasteiger partial charge on any atom is 0.379 e. The van der Waals surface area contributed by atoms with Crippen molar-refractivity contribution in [2.45, 2.75) is 18.7 Å². The van der Waals surface area contributed by atoms with Crippen LogP contribution >= 0.6 is 0 Å². The maximum atomic E-state index is 12.5. The van der Waals surface area contributed by atoms with Gasteiger partial charge in [0.1, 0.15) is 0 Å². The first-order valence-corrected chi connectivity index (χ1v) is 10.3. The van der Waals surface area contributed by atoms with E-state index >= 15 is 0 Å². The Labute approximate surface area is 174 Å². The summed E-state index contributed by atoms with van der Waals surface area (Å²) in [5.74, 6) is -0.146. The van der Waals surface area contributed by atoms with Crippen LogP contribution in [0.1, 0.15) is 27.2 Å². The third-order valence-corrected chi connectivity index (χ3v) is 5.50. The number of carbonyl (C=O) groups is 1. The molecule has 0 aliphatic rings. The minimum atomic E-state index is -3.81. The van der Waals surface area contributed by atoms with E-state index in [9.17, 15) is 13.2 Å². The van der Waals surface area contributed by atoms with Crippen LogP contribution in [0.5, 0.6) is 11.5 Å². The maximum absolute atomic E-state index is 12.5. The van der Waals surface area contributed by atoms with Crippen LogP contribution in [-0.4, -0.2) is 27.7 Å². The first-order chi connectivity index (χ1) is 14.3. The molecule has 3 aromatic rings. The van der Waals surface area contributed by atoms with Crippen LogP contribution in [0.3, 0.4) is 0 Å². The second kappa shape index (κ2) is 8.83. The fourth-order valence-electron chi connectivity index (χ4n) is 2.61. The minimum Gasteiger partial charge on any atom is -0.493 e. The van der Waals surface area contributed by atoms with Crippen LogP contribution in [0.4, 0.5) is 0 Å². The predicted molar refractivity (Wildman–Crippen MR) is 110 cm³/mol. The number of ether oxygens (including phenoxy) is 2. The van der Waals surface area contributed by atoms with Crippen LogP contribution in [0.2, 0.25) is 0 Å². The van der Waals surface area contributed by atoms with E-state index < -0.39 is 16.0 Å². The van der Waals surface area contributed by atoms with E-state index in [0.29, 0.717) is 11.1 Å². The molecule has 0 unspecified atom stereocenters. The highest BCUT2D eigenvalue weighted by Crippen LogP contribution is 2.28. The number of furan rings is 1. The third-order valence-electron chi connectivity index (χ3n) is 4.13. The quantitative estimate of drug-likeness (QED) is 0.267. The normalized spacial score (nSPS) is 11.4. The lowest BCUT2D eigenvalue weighted by Gasteiger charge is -2.09. The molecule has 0 atom stereocenters. The van der Waals surface area contributed by atoms with E-state index in [1.165, 1.54) is 31.7 Å². The molecule has 0 saturated heterocycles. The second-order valence-corrected chi connectivity index (χ2v) is 8.03. The number of nitrogens with one attached hydrogen (secondary N) is 1. The zero-order chi connectivity index (χ0) is 21.7. The summed E-state index contributed by atoms with van der Waals surface area (Å²) in [5, 5.41) is 3.83. The van der Waals surface area contributed by atoms with E-state index in [1.807, 2.05) is 13.0 Å². The van der Waals surface area contributed by atoms with Crippen molar-refractivity contribution >= 4 is 22.2 Å². The Morgan fingerprint density at radius 3 is 2.60 bits per heavy atom. The van der Waals surface area contributed by atoms with Gasteiger partial charge in [0.2, 0.25) is 5.76 Å². The monoisotopic (exact) mass is 428 g/mol. The SMILES string of the molecule is COc1cc(C=NNS(=O)(=O)c2cc(C)ccc2C)ccc1OC(=O)c1ccco1. The van der Waals surface area contributed by atoms with Crippen molar-refractivity contribution in [2.75, 3.05) is 7.11 Å². The molecule has 1 aromatic heterocycles. The number of aryl methyl sites for hydroxylation is 2. The summed E-state index contributed by atoms with van der Waals surface area (Å²) in [6.45, 7) is 3.53. The Hall–Kier alpha value is -3.59. The predicted octanol–water partition coefficient (Wildman–Crippen LogP) is 3.44. The molecule has 8 nitrogen and oxygen atoms in total. The molecule has 0 aliphatic heterocycles. The molecule has 0 saturated carbocycles. The summed E-state index contributed by atoms with van der Waals surface area (Å²) >= 11 is 0. The molecule has 156 valence electrons. The molecule has 1 N–H and O–H groups in total. The highest BCUT2D eigenvalue weighted by molar-refractivity contribution is 7.89. The number of benzene rings is 2. The molecular weight excluding hydrogens is 408 g/mol. The number of sulfonamides is 1. The summed E-state index contributed by atoms with van der Waals surface area (Å²) in [6.07, 6.45) is 2.69. The van der Waals surface area contributed by atoms with Gasteiger partial charge in [-0.2, -0.15) is 13.5 Å². The Bertz CT molecular complexity index is 1180. The van der Waals surface area contributed by atoms with Gasteiger partial charge in [-0.15, -0.1) is 0 Å². The van der Waals surface area contributed by atoms with Gasteiger partial charge < -0.3 is 13.9 Å². The van der Waals surface area contributed by atoms with Gasteiger partial charge in [-0.3, -0.25) is 0 Å². The summed E-state index contributed by atoms with van der Waals surface area (Å²) in [4.78, 5) is 14.4. The first-order valence-electron chi connectivity index (χ1n) is 8.86. The molecule has 0 radical (unpaired) electrons. The fraction of sp³-hybridized carbons (Fsp3) is 0.143. The Morgan fingerprint density at radius 1 is 1.10 bits per heavy atom. The molecule has 2 aromatic carbocycles. The van der Waals surface area contributed by atoms with Crippen molar-refractivity contribution in [1.82, 2.24) is 4.83 Å². The standard InChI is InChI=1S/C21H20N2O6S/c1-14-6-7-15(2)20(11-14)30(25,26)23-22-13-16-8-9-17(19(12-16)27-3)29-21(24)18-5-4-10-28-18/h4-13,23H,1-3H3. The van der Waals surface area contributed by atoms with Gasteiger partial charge in [-0.1, -0.05) is 12.1 Å². The van der Waals surface area contributed by atoms with Gasteiger partial charge in [0.25, 0.3) is 10.0 Å². The summed E-state index contributed by atoms with van der Waals surface area (Å²) in [7, 11) is -2.39. The van der Waals surface area contributed by atoms with Crippen molar-refractivity contribution < 1.29 is 27.1 Å². The summed E-state index contributed by atoms with van der Waals surface area (Å²) in [6, 6.07) is 12.9. The molecular formula is C21H20N2O6S. The fourth-order valence-corrected chi connectivity index (χ4v) is 3.73. The number of hydrogen-bond donors (Lipinski definition) is 1. The molecule has 0 fully saturated rings. The Kier molecular flexibility index (Phi) is 6.22. The van der Waals surface area contributed by atoms with Gasteiger partial charge in [0, 0.05) is 0 Å². The summed E-state index contributed by atoms with van der Waals surface area (Å²) in [5.41, 5.74) is 1.98. The van der Waals surface area contributed by atoms with Crippen LogP contribution in [0.25, 0.3) is 0 Å². The van der Waals surface area contributed by atoms with Gasteiger partial charge in [0.05, 0.1) is 24.5 Å². The molecule has 3 rings (SSSR count). The van der Waals surface area contributed by atoms with Crippen molar-refractivity contribution in [1.29, 1.82) is 0 Å². The molecule has 0 aliphatic carbocycles. The third kappa shape index (κ3) is 4.87. The van der Waals surface area contributed by atoms with Crippen LogP contribution in [0, 0.1) is 13.8 Å². The van der Waals surface area contributed by atoms with Crippen LogP contribution in [-0.2, 0) is 10.0 Å². The Balaban J connectivity index is 1.74. The van der Waals surface area contributed by atoms with Crippen molar-refractivity contribution in [3.8, 4) is 11.5 Å². The average molecular weight is 428 g/mol. The van der Waals surface area contributed by atoms with E-state index in [-0.39, 0.29) is 22.2 Å². The molecule has 0 bridgehead atoms. The van der Waals surface area contributed by atoms with Gasteiger partial charge >= 0.3 is 5.97 Å². The van der Waals surface area contributed by atoms with Gasteiger partial charge in [0.15, 0.2) is 11.5 Å². The number of esters is 1. The number of rotatable bonds is 7. The zero-order valence-electron chi connectivity index (χ0n) is 16.6. The lowest BCUT2D eigenvalue weighted by molar-refractivity contribution is 0.0696. The highest BCUT2D eigenvalue weighted by Gasteiger charge is 2.17. The highest BCUT2D eigenvalue weighted by atomic mass is 32.2. The number of hydrazone groups is 1. The average Bonchev–Trinajstić information content (AvgIpc) is 3.25. The Morgan fingerprint density at radius 2 is 1.90 bits per heavy atom. The molecule has 1 heterocycles. The van der Waals surface area contributed by atoms with Crippen molar-refractivity contribution in [3.63, 3.8) is 0 Å². The van der Waals surface area contributed by atoms with E-state index in [0.717, 1.165) is 5.56 Å². The smallest absolute Gasteiger partial charge is 0.379 e. The molecule has 0 amide bonds. The minimum absolute atomic E-state index is 0.0588. The molecule has 0 spiro atoms. The van der Waals surface area contributed by atoms with Crippen LogP contribution < -0.4 is 14.3 Å². The van der Waals surface area contributed by atoms with Crippen molar-refractivity contribution in [2.24, 2.45) is 5.10 Å². The number of carbonyl (C=O) groups excluding carboxylic acids is 1. The van der Waals surface area contributed by atoms with E-state index in [2.05, 4.69) is 9.93 Å². The zero-order valence-corrected chi connectivity index (χ0v) is 17.4. The van der Waals surface area contributed by atoms with Crippen LogP contribution in [0.15, 0.2) is 69.2 Å². The van der Waals surface area contributed by atoms with E-state index in [1.54, 1.807) is 37.3 Å². The van der Waals surface area contributed by atoms with Gasteiger partial charge in [-0.25, -0.2) is 9.63 Å². The largest absolute Gasteiger partial charge is 0.493 e. The number of hydrogen-bond acceptors (Lipinski definition) is 7. The topological polar surface area (TPSA) is 107 Å².